The van der Waals surface area contributed by atoms with Crippen molar-refractivity contribution in [2.24, 2.45) is 22.7 Å². The van der Waals surface area contributed by atoms with Crippen LogP contribution in [0.25, 0.3) is 0 Å². The number of methoxy groups -OCH3 is 2. The van der Waals surface area contributed by atoms with Crippen LogP contribution in [-0.2, 0) is 10.2 Å². The van der Waals surface area contributed by atoms with E-state index in [1.54, 1.807) is 14.2 Å². The van der Waals surface area contributed by atoms with Crippen molar-refractivity contribution in [3.05, 3.63) is 23.3 Å². The number of fused-ring (bicyclic) bond motifs is 2. The minimum absolute atomic E-state index is 0.153. The van der Waals surface area contributed by atoms with E-state index in [1.807, 2.05) is 19.1 Å². The highest BCUT2D eigenvalue weighted by molar-refractivity contribution is 6.06. The smallest absolute Gasteiger partial charge is 0.180 e. The summed E-state index contributed by atoms with van der Waals surface area (Å²) in [5.74, 6) is 2.25. The second-order valence-corrected chi connectivity index (χ2v) is 13.9. The van der Waals surface area contributed by atoms with Gasteiger partial charge in [-0.3, -0.25) is 9.69 Å². The van der Waals surface area contributed by atoms with Crippen LogP contribution in [-0.4, -0.2) is 66.4 Å². The minimum Gasteiger partial charge on any atom is -0.493 e. The summed E-state index contributed by atoms with van der Waals surface area (Å²) in [6.07, 6.45) is 5.74. The van der Waals surface area contributed by atoms with E-state index in [2.05, 4.69) is 25.7 Å². The van der Waals surface area contributed by atoms with E-state index in [4.69, 9.17) is 14.2 Å². The van der Waals surface area contributed by atoms with E-state index in [1.165, 1.54) is 12.8 Å². The fraction of sp³-hybridized carbons (Fsp3) is 0.767. The highest BCUT2D eigenvalue weighted by Gasteiger charge is 2.83. The zero-order valence-corrected chi connectivity index (χ0v) is 22.6. The molecule has 5 aliphatic carbocycles. The van der Waals surface area contributed by atoms with Crippen LogP contribution in [0.2, 0.25) is 0 Å². The van der Waals surface area contributed by atoms with Gasteiger partial charge in [0.25, 0.3) is 0 Å². The fourth-order valence-electron chi connectivity index (χ4n) is 9.55. The number of ether oxygens (including phenoxy) is 3. The molecule has 7 aliphatic rings. The van der Waals surface area contributed by atoms with Gasteiger partial charge in [0.05, 0.1) is 18.8 Å². The maximum absolute atomic E-state index is 14.5. The molecule has 1 unspecified atom stereocenters. The number of carbonyl (C=O) groups is 1. The Kier molecular flexibility index (Phi) is 4.48. The second-order valence-electron chi connectivity index (χ2n) is 13.9. The third kappa shape index (κ3) is 2.39. The number of benzene rings is 1. The van der Waals surface area contributed by atoms with Gasteiger partial charge in [-0.15, -0.1) is 0 Å². The lowest BCUT2D eigenvalue weighted by atomic mass is 9.33. The van der Waals surface area contributed by atoms with E-state index in [-0.39, 0.29) is 40.1 Å². The zero-order chi connectivity index (χ0) is 25.5. The van der Waals surface area contributed by atoms with Gasteiger partial charge in [0.2, 0.25) is 0 Å². The van der Waals surface area contributed by atoms with E-state index >= 15 is 0 Å². The Morgan fingerprint density at radius 3 is 2.53 bits per heavy atom. The third-order valence-corrected chi connectivity index (χ3v) is 11.9. The number of Topliss-reactive ketones (excluding diaryl/α,β-unsaturated/α-hetero) is 1. The molecule has 0 aromatic heterocycles. The van der Waals surface area contributed by atoms with Gasteiger partial charge in [0.15, 0.2) is 17.3 Å². The molecule has 8 rings (SSSR count). The number of likely N-dealkylation sites (tertiary alicyclic amines) is 1. The van der Waals surface area contributed by atoms with Crippen molar-refractivity contribution in [2.75, 3.05) is 27.3 Å². The van der Waals surface area contributed by atoms with Crippen LogP contribution in [0.5, 0.6) is 11.5 Å². The summed E-state index contributed by atoms with van der Waals surface area (Å²) in [5, 5.41) is 12.2. The molecule has 36 heavy (non-hydrogen) atoms. The summed E-state index contributed by atoms with van der Waals surface area (Å²) in [4.78, 5) is 17.0. The molecule has 1 saturated heterocycles. The predicted octanol–water partition coefficient (Wildman–Crippen LogP) is 4.36. The average molecular weight is 496 g/mol. The topological polar surface area (TPSA) is 68.2 Å². The molecule has 4 saturated carbocycles. The van der Waals surface area contributed by atoms with Crippen LogP contribution in [0.1, 0.15) is 82.1 Å². The lowest BCUT2D eigenvalue weighted by Crippen LogP contribution is -2.84. The van der Waals surface area contributed by atoms with Crippen molar-refractivity contribution in [3.63, 3.8) is 0 Å². The SMILES string of the molecule is COc1ccc2c3c1O[C@H]1[C@@]4(OC)CC[C@@]5(C[C@@H]4C(C)(O)C(C)(C)C)[C@@H](C2=O)N(CC2CC2)CC[C@]315. The number of hydrogen-bond donors (Lipinski definition) is 1. The lowest BCUT2D eigenvalue weighted by Gasteiger charge is -2.75. The average Bonchev–Trinajstić information content (AvgIpc) is 3.58. The van der Waals surface area contributed by atoms with Crippen LogP contribution >= 0.6 is 0 Å². The molecule has 1 aromatic carbocycles. The molecule has 4 bridgehead atoms. The number of piperidine rings is 1. The fourth-order valence-corrected chi connectivity index (χ4v) is 9.55. The minimum atomic E-state index is -1.00. The molecule has 2 heterocycles. The quantitative estimate of drug-likeness (QED) is 0.655. The molecular weight excluding hydrogens is 454 g/mol. The normalized spacial score (nSPS) is 42.1. The molecule has 6 heteroatoms. The van der Waals surface area contributed by atoms with Gasteiger partial charge < -0.3 is 19.3 Å². The maximum Gasteiger partial charge on any atom is 0.180 e. The number of nitrogens with zero attached hydrogens (tertiary/aromatic N) is 1. The van der Waals surface area contributed by atoms with Crippen LogP contribution in [0, 0.1) is 22.7 Å². The molecule has 7 atom stereocenters. The van der Waals surface area contributed by atoms with Crippen molar-refractivity contribution in [1.82, 2.24) is 4.90 Å². The molecular formula is C30H41NO5. The Bertz CT molecular complexity index is 1150. The summed E-state index contributed by atoms with van der Waals surface area (Å²) in [6, 6.07) is 3.72. The van der Waals surface area contributed by atoms with E-state index in [9.17, 15) is 9.90 Å². The first-order valence-corrected chi connectivity index (χ1v) is 13.9. The van der Waals surface area contributed by atoms with Gasteiger partial charge in [-0.25, -0.2) is 0 Å². The Hall–Kier alpha value is -1.63. The summed E-state index contributed by atoms with van der Waals surface area (Å²) < 4.78 is 19.4. The first-order valence-electron chi connectivity index (χ1n) is 13.9. The van der Waals surface area contributed by atoms with E-state index in [0.29, 0.717) is 11.7 Å². The molecule has 2 spiro atoms. The van der Waals surface area contributed by atoms with Crippen molar-refractivity contribution in [3.8, 4) is 11.5 Å². The summed E-state index contributed by atoms with van der Waals surface area (Å²) >= 11 is 0. The molecule has 196 valence electrons. The van der Waals surface area contributed by atoms with Crippen molar-refractivity contribution in [2.45, 2.75) is 95.0 Å². The second kappa shape index (κ2) is 6.86. The van der Waals surface area contributed by atoms with E-state index < -0.39 is 11.2 Å². The highest BCUT2D eigenvalue weighted by Crippen LogP contribution is 2.78. The van der Waals surface area contributed by atoms with Crippen LogP contribution in [0.3, 0.4) is 0 Å². The molecule has 0 amide bonds. The standard InChI is InChI=1S/C30H41NO5/c1-26(2,3)27(4,33)20-15-28-11-12-30(20,35-6)25-29(28)13-14-31(16-17-7-8-17)24(28)22(32)18-9-10-19(34-5)23(36-25)21(18)29/h9-10,17,20,24-25,33H,7-8,11-16H2,1-6H3/t20-,24-,25-,27?,28-,29+,30-/m1/s1. The Morgan fingerprint density at radius 1 is 1.14 bits per heavy atom. The summed E-state index contributed by atoms with van der Waals surface area (Å²) in [7, 11) is 3.48. The number of aliphatic hydroxyl groups is 1. The van der Waals surface area contributed by atoms with Crippen molar-refractivity contribution < 1.29 is 24.1 Å². The number of hydrogen-bond acceptors (Lipinski definition) is 6. The summed E-state index contributed by atoms with van der Waals surface area (Å²) in [6.45, 7) is 10.2. The number of rotatable bonds is 5. The molecule has 5 fully saturated rings. The Morgan fingerprint density at radius 2 is 1.89 bits per heavy atom. The largest absolute Gasteiger partial charge is 0.493 e. The van der Waals surface area contributed by atoms with Crippen molar-refractivity contribution in [1.29, 1.82) is 0 Å². The first-order chi connectivity index (χ1) is 17.0. The van der Waals surface area contributed by atoms with E-state index in [0.717, 1.165) is 55.6 Å². The Balaban J connectivity index is 1.51. The van der Waals surface area contributed by atoms with Gasteiger partial charge in [-0.05, 0) is 75.5 Å². The Labute approximate surface area is 214 Å². The first kappa shape index (κ1) is 23.5. The highest BCUT2D eigenvalue weighted by atomic mass is 16.6. The molecule has 1 N–H and O–H groups in total. The van der Waals surface area contributed by atoms with Gasteiger partial charge in [-0.2, -0.15) is 0 Å². The maximum atomic E-state index is 14.5. The van der Waals surface area contributed by atoms with Gasteiger partial charge in [-0.1, -0.05) is 20.8 Å². The van der Waals surface area contributed by atoms with Crippen LogP contribution in [0.15, 0.2) is 12.1 Å². The molecule has 2 aliphatic heterocycles. The third-order valence-electron chi connectivity index (χ3n) is 11.9. The molecule has 6 nitrogen and oxygen atoms in total. The monoisotopic (exact) mass is 495 g/mol. The molecule has 1 aromatic rings. The lowest BCUT2D eigenvalue weighted by molar-refractivity contribution is -0.307. The number of ketones is 1. The van der Waals surface area contributed by atoms with Crippen LogP contribution < -0.4 is 9.47 Å². The number of carbonyl (C=O) groups excluding carboxylic acids is 1. The van der Waals surface area contributed by atoms with Crippen LogP contribution in [0.4, 0.5) is 0 Å². The zero-order valence-electron chi connectivity index (χ0n) is 22.6. The summed E-state index contributed by atoms with van der Waals surface area (Å²) in [5.41, 5.74) is -0.685. The van der Waals surface area contributed by atoms with Crippen molar-refractivity contribution >= 4 is 5.78 Å². The van der Waals surface area contributed by atoms with Gasteiger partial charge >= 0.3 is 0 Å². The molecule has 0 radical (unpaired) electrons. The predicted molar refractivity (Wildman–Crippen MR) is 136 cm³/mol. The van der Waals surface area contributed by atoms with Gasteiger partial charge in [0.1, 0.15) is 11.7 Å². The van der Waals surface area contributed by atoms with Gasteiger partial charge in [0, 0.05) is 41.5 Å².